The minimum Gasteiger partial charge on any atom is -0.483 e. The molecule has 22 heavy (non-hydrogen) atoms. The molecule has 5 nitrogen and oxygen atoms in total. The second-order valence-electron chi connectivity index (χ2n) is 5.31. The third-order valence-electron chi connectivity index (χ3n) is 3.77. The molecule has 0 bridgehead atoms. The van der Waals surface area contributed by atoms with Gasteiger partial charge in [-0.1, -0.05) is 12.1 Å². The Morgan fingerprint density at radius 3 is 2.64 bits per heavy atom. The molecule has 0 aromatic heterocycles. The van der Waals surface area contributed by atoms with Crippen LogP contribution in [0.2, 0.25) is 0 Å². The molecule has 1 unspecified atom stereocenters. The third-order valence-corrected chi connectivity index (χ3v) is 5.62. The van der Waals surface area contributed by atoms with Crippen LogP contribution in [0.4, 0.5) is 4.39 Å². The van der Waals surface area contributed by atoms with Crippen LogP contribution in [0.25, 0.3) is 0 Å². The Labute approximate surface area is 130 Å². The topological polar surface area (TPSA) is 74.7 Å². The van der Waals surface area contributed by atoms with E-state index in [1.807, 2.05) is 6.07 Å². The molecule has 1 aromatic carbocycles. The van der Waals surface area contributed by atoms with Crippen molar-refractivity contribution in [2.45, 2.75) is 26.7 Å². The van der Waals surface area contributed by atoms with Gasteiger partial charge in [-0.25, -0.2) is 17.1 Å². The van der Waals surface area contributed by atoms with Crippen molar-refractivity contribution in [3.8, 4) is 0 Å². The van der Waals surface area contributed by atoms with E-state index in [0.29, 0.717) is 24.6 Å². The number of carbonyl (C=O) groups is 1. The third kappa shape index (κ3) is 5.06. The lowest BCUT2D eigenvalue weighted by Gasteiger charge is -2.15. The van der Waals surface area contributed by atoms with Gasteiger partial charge in [0.15, 0.2) is 0 Å². The summed E-state index contributed by atoms with van der Waals surface area (Å²) in [6, 6.07) is 5.27. The van der Waals surface area contributed by atoms with E-state index in [1.54, 1.807) is 30.3 Å². The summed E-state index contributed by atoms with van der Waals surface area (Å²) in [5, 5.41) is 6.89. The highest BCUT2D eigenvalue weighted by molar-refractivity contribution is 7.89. The van der Waals surface area contributed by atoms with Gasteiger partial charge in [-0.3, -0.25) is 4.79 Å². The lowest BCUT2D eigenvalue weighted by molar-refractivity contribution is -0.122. The molecule has 1 aliphatic rings. The highest BCUT2D eigenvalue weighted by Crippen LogP contribution is 2.24. The highest BCUT2D eigenvalue weighted by atomic mass is 32.2. The van der Waals surface area contributed by atoms with E-state index in [4.69, 9.17) is 9.90 Å². The average Bonchev–Trinajstić information content (AvgIpc) is 2.93. The maximum absolute atomic E-state index is 13.5. The fourth-order valence-electron chi connectivity index (χ4n) is 2.50. The van der Waals surface area contributed by atoms with Crippen LogP contribution >= 0.6 is 0 Å². The predicted octanol–water partition coefficient (Wildman–Crippen LogP) is 2.05. The largest absolute Gasteiger partial charge is 0.483 e. The van der Waals surface area contributed by atoms with Crippen LogP contribution in [0.15, 0.2) is 18.2 Å². The van der Waals surface area contributed by atoms with E-state index in [0.717, 1.165) is 18.4 Å². The van der Waals surface area contributed by atoms with E-state index >= 15 is 0 Å². The molecular weight excluding hydrogens is 309 g/mol. The van der Waals surface area contributed by atoms with E-state index in [-0.39, 0.29) is 18.0 Å². The molecule has 1 fully saturated rings. The zero-order chi connectivity index (χ0) is 16.8. The SMILES string of the molecule is CCS(=O)(=O)N1CCC(Cc2ccc(C)c(F)c2)C1.O=CO. The van der Waals surface area contributed by atoms with Crippen molar-refractivity contribution in [1.29, 1.82) is 0 Å². The monoisotopic (exact) mass is 331 g/mol. The number of halogens is 1. The number of nitrogens with zero attached hydrogens (tertiary/aromatic N) is 1. The molecular formula is C15H22FNO4S. The Hall–Kier alpha value is -1.47. The molecule has 0 aliphatic carbocycles. The number of aryl methyl sites for hydroxylation is 1. The first-order chi connectivity index (χ1) is 10.3. The zero-order valence-electron chi connectivity index (χ0n) is 12.8. The molecule has 124 valence electrons. The summed E-state index contributed by atoms with van der Waals surface area (Å²) >= 11 is 0. The summed E-state index contributed by atoms with van der Waals surface area (Å²) in [5.74, 6) is 0.260. The molecule has 1 heterocycles. The van der Waals surface area contributed by atoms with Crippen molar-refractivity contribution in [2.24, 2.45) is 5.92 Å². The van der Waals surface area contributed by atoms with Gasteiger partial charge in [-0.15, -0.1) is 0 Å². The van der Waals surface area contributed by atoms with Gasteiger partial charge >= 0.3 is 0 Å². The van der Waals surface area contributed by atoms with Crippen LogP contribution in [0.3, 0.4) is 0 Å². The smallest absolute Gasteiger partial charge is 0.290 e. The van der Waals surface area contributed by atoms with Crippen molar-refractivity contribution in [2.75, 3.05) is 18.8 Å². The molecule has 0 amide bonds. The number of carboxylic acid groups (broad SMARTS) is 1. The predicted molar refractivity (Wildman–Crippen MR) is 82.7 cm³/mol. The molecule has 1 aliphatic heterocycles. The number of hydrogen-bond acceptors (Lipinski definition) is 3. The lowest BCUT2D eigenvalue weighted by atomic mass is 9.98. The summed E-state index contributed by atoms with van der Waals surface area (Å²) in [7, 11) is -3.08. The van der Waals surface area contributed by atoms with Crippen LogP contribution in [0.1, 0.15) is 24.5 Å². The van der Waals surface area contributed by atoms with Gasteiger partial charge < -0.3 is 5.11 Å². The fraction of sp³-hybridized carbons (Fsp3) is 0.533. The maximum Gasteiger partial charge on any atom is 0.290 e. The van der Waals surface area contributed by atoms with Crippen molar-refractivity contribution in [1.82, 2.24) is 4.31 Å². The molecule has 1 aromatic rings. The second kappa shape index (κ2) is 8.24. The Morgan fingerprint density at radius 1 is 1.45 bits per heavy atom. The molecule has 0 radical (unpaired) electrons. The Bertz CT molecular complexity index is 604. The summed E-state index contributed by atoms with van der Waals surface area (Å²) < 4.78 is 38.6. The normalized spacial score (nSPS) is 18.6. The van der Waals surface area contributed by atoms with Crippen molar-refractivity contribution >= 4 is 16.5 Å². The summed E-state index contributed by atoms with van der Waals surface area (Å²) in [6.07, 6.45) is 1.60. The molecule has 1 N–H and O–H groups in total. The molecule has 0 spiro atoms. The summed E-state index contributed by atoms with van der Waals surface area (Å²) in [5.41, 5.74) is 1.59. The number of hydrogen-bond donors (Lipinski definition) is 1. The van der Waals surface area contributed by atoms with Gasteiger partial charge in [0.1, 0.15) is 5.82 Å². The van der Waals surface area contributed by atoms with Gasteiger partial charge in [-0.05, 0) is 49.8 Å². The van der Waals surface area contributed by atoms with E-state index < -0.39 is 10.0 Å². The van der Waals surface area contributed by atoms with Gasteiger partial charge in [0, 0.05) is 13.1 Å². The number of rotatable bonds is 4. The Kier molecular flexibility index (Phi) is 6.96. The summed E-state index contributed by atoms with van der Waals surface area (Å²) in [6.45, 7) is 4.31. The first kappa shape index (κ1) is 18.6. The van der Waals surface area contributed by atoms with Gasteiger partial charge in [-0.2, -0.15) is 0 Å². The molecule has 7 heteroatoms. The van der Waals surface area contributed by atoms with Crippen LogP contribution in [0, 0.1) is 18.7 Å². The second-order valence-corrected chi connectivity index (χ2v) is 7.56. The van der Waals surface area contributed by atoms with E-state index in [9.17, 15) is 12.8 Å². The standard InChI is InChI=1S/C14H20FNO2S.CH2O2/c1-3-19(17,18)16-7-6-13(10-16)8-12-5-4-11(2)14(15)9-12;2-1-3/h4-5,9,13H,3,6-8,10H2,1-2H3;1H,(H,2,3). The Morgan fingerprint density at radius 2 is 2.09 bits per heavy atom. The zero-order valence-corrected chi connectivity index (χ0v) is 13.6. The number of benzene rings is 1. The highest BCUT2D eigenvalue weighted by Gasteiger charge is 2.30. The van der Waals surface area contributed by atoms with Gasteiger partial charge in [0.25, 0.3) is 6.47 Å². The van der Waals surface area contributed by atoms with Crippen LogP contribution < -0.4 is 0 Å². The Balaban J connectivity index is 0.000000745. The van der Waals surface area contributed by atoms with Crippen molar-refractivity contribution in [3.05, 3.63) is 35.1 Å². The molecule has 1 saturated heterocycles. The quantitative estimate of drug-likeness (QED) is 0.857. The van der Waals surface area contributed by atoms with E-state index in [2.05, 4.69) is 0 Å². The van der Waals surface area contributed by atoms with Crippen LogP contribution in [-0.4, -0.2) is 43.1 Å². The van der Waals surface area contributed by atoms with Gasteiger partial charge in [0.2, 0.25) is 10.0 Å². The molecule has 1 atom stereocenters. The maximum atomic E-state index is 13.5. The molecule has 2 rings (SSSR count). The first-order valence-electron chi connectivity index (χ1n) is 7.14. The minimum absolute atomic E-state index is 0.152. The van der Waals surface area contributed by atoms with Crippen LogP contribution in [-0.2, 0) is 21.2 Å². The van der Waals surface area contributed by atoms with E-state index in [1.165, 1.54) is 0 Å². The minimum atomic E-state index is -3.08. The first-order valence-corrected chi connectivity index (χ1v) is 8.75. The van der Waals surface area contributed by atoms with Gasteiger partial charge in [0.05, 0.1) is 5.75 Å². The lowest BCUT2D eigenvalue weighted by Crippen LogP contribution is -2.30. The van der Waals surface area contributed by atoms with Crippen molar-refractivity contribution in [3.63, 3.8) is 0 Å². The molecule has 0 saturated carbocycles. The van der Waals surface area contributed by atoms with Crippen molar-refractivity contribution < 1.29 is 22.7 Å². The van der Waals surface area contributed by atoms with Crippen LogP contribution in [0.5, 0.6) is 0 Å². The fourth-order valence-corrected chi connectivity index (χ4v) is 3.68. The average molecular weight is 331 g/mol. The summed E-state index contributed by atoms with van der Waals surface area (Å²) in [4.78, 5) is 8.36. The number of sulfonamides is 1.